The molecule has 1 fully saturated rings. The molecule has 1 N–H and O–H groups in total. The summed E-state index contributed by atoms with van der Waals surface area (Å²) in [5.41, 5.74) is 2.80. The van der Waals surface area contributed by atoms with E-state index >= 15 is 0 Å². The Hall–Kier alpha value is -2.10. The van der Waals surface area contributed by atoms with Crippen molar-refractivity contribution in [3.63, 3.8) is 0 Å². The van der Waals surface area contributed by atoms with Crippen molar-refractivity contribution in [2.24, 2.45) is 5.92 Å². The van der Waals surface area contributed by atoms with Gasteiger partial charge in [-0.1, -0.05) is 22.9 Å². The minimum atomic E-state index is -3.86. The molecule has 2 aromatic carbocycles. The number of amides is 1. The molecular weight excluding hydrogens is 496 g/mol. The Labute approximate surface area is 198 Å². The molecule has 9 heteroatoms. The maximum Gasteiger partial charge on any atom is 0.246 e. The third kappa shape index (κ3) is 5.10. The first kappa shape index (κ1) is 24.5. The molecule has 0 aromatic heterocycles. The van der Waals surface area contributed by atoms with Crippen molar-refractivity contribution in [3.8, 4) is 11.5 Å². The molecule has 0 aliphatic carbocycles. The molecule has 32 heavy (non-hydrogen) atoms. The molecule has 174 valence electrons. The monoisotopic (exact) mass is 524 g/mol. The Balaban J connectivity index is 1.83. The summed E-state index contributed by atoms with van der Waals surface area (Å²) in [4.78, 5) is 13.2. The first-order valence-corrected chi connectivity index (χ1v) is 12.8. The summed E-state index contributed by atoms with van der Waals surface area (Å²) in [5, 5.41) is 3.05. The number of aryl methyl sites for hydroxylation is 2. The van der Waals surface area contributed by atoms with E-state index in [1.165, 1.54) is 24.6 Å². The zero-order valence-corrected chi connectivity index (χ0v) is 21.2. The third-order valence-corrected chi connectivity index (χ3v) is 8.10. The fourth-order valence-electron chi connectivity index (χ4n) is 3.99. The molecule has 3 rings (SSSR count). The number of rotatable bonds is 7. The van der Waals surface area contributed by atoms with Crippen molar-refractivity contribution in [1.29, 1.82) is 0 Å². The maximum atomic E-state index is 13.4. The number of carbonyl (C=O) groups excluding carboxylic acids is 1. The Morgan fingerprint density at radius 1 is 1.22 bits per heavy atom. The summed E-state index contributed by atoms with van der Waals surface area (Å²) in [6.45, 7) is 4.45. The summed E-state index contributed by atoms with van der Waals surface area (Å²) in [7, 11) is -0.951. The number of anilines is 1. The van der Waals surface area contributed by atoms with E-state index in [1.807, 2.05) is 26.0 Å². The Morgan fingerprint density at radius 2 is 1.97 bits per heavy atom. The molecule has 1 aliphatic heterocycles. The number of benzene rings is 2. The van der Waals surface area contributed by atoms with Gasteiger partial charge >= 0.3 is 0 Å². The summed E-state index contributed by atoms with van der Waals surface area (Å²) in [6.07, 6.45) is 2.00. The number of hydrogen-bond acceptors (Lipinski definition) is 5. The summed E-state index contributed by atoms with van der Waals surface area (Å²) >= 11 is 3.50. The van der Waals surface area contributed by atoms with Crippen LogP contribution in [0.15, 0.2) is 39.7 Å². The van der Waals surface area contributed by atoms with Gasteiger partial charge in [-0.3, -0.25) is 4.79 Å². The number of methoxy groups -OCH3 is 2. The van der Waals surface area contributed by atoms with Gasteiger partial charge in [0.2, 0.25) is 15.9 Å². The van der Waals surface area contributed by atoms with Gasteiger partial charge in [-0.15, -0.1) is 0 Å². The molecule has 1 heterocycles. The number of nitrogens with zero attached hydrogens (tertiary/aromatic N) is 1. The average Bonchev–Trinajstić information content (AvgIpc) is 2.80. The third-order valence-electron chi connectivity index (χ3n) is 5.75. The van der Waals surface area contributed by atoms with Crippen LogP contribution in [-0.2, 0) is 21.2 Å². The molecule has 0 saturated carbocycles. The van der Waals surface area contributed by atoms with E-state index in [9.17, 15) is 13.2 Å². The molecule has 7 nitrogen and oxygen atoms in total. The highest BCUT2D eigenvalue weighted by Crippen LogP contribution is 2.33. The van der Waals surface area contributed by atoms with Gasteiger partial charge in [0.1, 0.15) is 16.4 Å². The second-order valence-electron chi connectivity index (χ2n) is 7.82. The van der Waals surface area contributed by atoms with Crippen LogP contribution in [0.2, 0.25) is 0 Å². The van der Waals surface area contributed by atoms with Crippen molar-refractivity contribution >= 4 is 37.5 Å². The first-order valence-electron chi connectivity index (χ1n) is 10.5. The van der Waals surface area contributed by atoms with Gasteiger partial charge in [-0.25, -0.2) is 8.42 Å². The van der Waals surface area contributed by atoms with Gasteiger partial charge in [-0.05, 0) is 61.6 Å². The van der Waals surface area contributed by atoms with Crippen LogP contribution in [0, 0.1) is 12.8 Å². The van der Waals surface area contributed by atoms with E-state index in [1.54, 1.807) is 12.1 Å². The van der Waals surface area contributed by atoms with E-state index in [0.29, 0.717) is 25.1 Å². The number of ether oxygens (including phenoxy) is 2. The molecule has 0 spiro atoms. The number of halogens is 1. The van der Waals surface area contributed by atoms with E-state index < -0.39 is 15.9 Å². The second kappa shape index (κ2) is 10.2. The smallest absolute Gasteiger partial charge is 0.246 e. The quantitative estimate of drug-likeness (QED) is 0.580. The van der Waals surface area contributed by atoms with Gasteiger partial charge in [-0.2, -0.15) is 4.31 Å². The van der Waals surface area contributed by atoms with Crippen LogP contribution >= 0.6 is 15.9 Å². The lowest BCUT2D eigenvalue weighted by Crippen LogP contribution is -2.43. The zero-order chi connectivity index (χ0) is 23.5. The van der Waals surface area contributed by atoms with Gasteiger partial charge in [0.05, 0.1) is 20.1 Å². The number of hydrogen-bond donors (Lipinski definition) is 1. The van der Waals surface area contributed by atoms with Crippen molar-refractivity contribution in [2.75, 3.05) is 32.6 Å². The van der Waals surface area contributed by atoms with Crippen LogP contribution in [0.5, 0.6) is 11.5 Å². The Morgan fingerprint density at radius 3 is 2.62 bits per heavy atom. The normalized spacial score (nSPS) is 17.1. The largest absolute Gasteiger partial charge is 0.497 e. The van der Waals surface area contributed by atoms with E-state index in [2.05, 4.69) is 21.2 Å². The van der Waals surface area contributed by atoms with Crippen molar-refractivity contribution in [3.05, 3.63) is 45.9 Å². The molecular formula is C23H29BrN2O5S. The lowest BCUT2D eigenvalue weighted by Gasteiger charge is -2.32. The van der Waals surface area contributed by atoms with Gasteiger partial charge in [0.25, 0.3) is 0 Å². The lowest BCUT2D eigenvalue weighted by atomic mass is 9.98. The van der Waals surface area contributed by atoms with Gasteiger partial charge in [0, 0.05) is 29.3 Å². The number of piperidine rings is 1. The standard InChI is InChI=1S/C23H29BrN2O5S/c1-5-16-12-18(24)11-15(2)22(16)25-23(27)17-7-6-10-26(14-17)32(28,29)21-13-19(30-3)8-9-20(21)31-4/h8-9,11-13,17H,5-7,10,14H2,1-4H3,(H,25,27). The van der Waals surface area contributed by atoms with Crippen LogP contribution < -0.4 is 14.8 Å². The highest BCUT2D eigenvalue weighted by atomic mass is 79.9. The molecule has 1 amide bonds. The topological polar surface area (TPSA) is 84.9 Å². The summed E-state index contributed by atoms with van der Waals surface area (Å²) in [6, 6.07) is 8.63. The van der Waals surface area contributed by atoms with E-state index in [0.717, 1.165) is 27.7 Å². The predicted molar refractivity (Wildman–Crippen MR) is 128 cm³/mol. The van der Waals surface area contributed by atoms with E-state index in [4.69, 9.17) is 9.47 Å². The number of sulfonamides is 1. The average molecular weight is 525 g/mol. The predicted octanol–water partition coefficient (Wildman–Crippen LogP) is 4.38. The highest BCUT2D eigenvalue weighted by Gasteiger charge is 2.35. The Bertz CT molecular complexity index is 1100. The summed E-state index contributed by atoms with van der Waals surface area (Å²) in [5.74, 6) is 0.0643. The van der Waals surface area contributed by atoms with Crippen LogP contribution in [0.1, 0.15) is 30.9 Å². The van der Waals surface area contributed by atoms with E-state index in [-0.39, 0.29) is 23.1 Å². The minimum absolute atomic E-state index is 0.0393. The zero-order valence-electron chi connectivity index (χ0n) is 18.8. The highest BCUT2D eigenvalue weighted by molar-refractivity contribution is 9.10. The molecule has 0 radical (unpaired) electrons. The molecule has 0 bridgehead atoms. The Kier molecular flexibility index (Phi) is 7.84. The molecule has 1 saturated heterocycles. The van der Waals surface area contributed by atoms with Crippen LogP contribution in [0.3, 0.4) is 0 Å². The fraction of sp³-hybridized carbons (Fsp3) is 0.435. The SMILES string of the molecule is CCc1cc(Br)cc(C)c1NC(=O)C1CCCN(S(=O)(=O)c2cc(OC)ccc2OC)C1. The molecule has 2 aromatic rings. The second-order valence-corrected chi connectivity index (χ2v) is 10.6. The molecule has 1 atom stereocenters. The lowest BCUT2D eigenvalue weighted by molar-refractivity contribution is -0.120. The number of carbonyl (C=O) groups is 1. The molecule has 1 aliphatic rings. The molecule has 1 unspecified atom stereocenters. The van der Waals surface area contributed by atoms with Gasteiger partial charge < -0.3 is 14.8 Å². The van der Waals surface area contributed by atoms with Crippen LogP contribution in [0.25, 0.3) is 0 Å². The van der Waals surface area contributed by atoms with Crippen LogP contribution in [-0.4, -0.2) is 45.9 Å². The maximum absolute atomic E-state index is 13.4. The minimum Gasteiger partial charge on any atom is -0.497 e. The number of nitrogens with one attached hydrogen (secondary N) is 1. The van der Waals surface area contributed by atoms with Crippen LogP contribution in [0.4, 0.5) is 5.69 Å². The fourth-order valence-corrected chi connectivity index (χ4v) is 6.31. The first-order chi connectivity index (χ1) is 15.2. The van der Waals surface area contributed by atoms with Crippen molar-refractivity contribution < 1.29 is 22.7 Å². The van der Waals surface area contributed by atoms with Crippen molar-refractivity contribution in [2.45, 2.75) is 38.0 Å². The van der Waals surface area contributed by atoms with Gasteiger partial charge in [0.15, 0.2) is 0 Å². The van der Waals surface area contributed by atoms with Crippen molar-refractivity contribution in [1.82, 2.24) is 4.31 Å². The summed E-state index contributed by atoms with van der Waals surface area (Å²) < 4.78 is 39.6.